The van der Waals surface area contributed by atoms with Gasteiger partial charge in [-0.3, -0.25) is 15.4 Å². The number of para-hydroxylation sites is 1. The second kappa shape index (κ2) is 6.30. The summed E-state index contributed by atoms with van der Waals surface area (Å²) in [5, 5.41) is 23.5. The molecule has 1 aliphatic carbocycles. The number of nitro groups is 1. The summed E-state index contributed by atoms with van der Waals surface area (Å²) < 4.78 is 0. The van der Waals surface area contributed by atoms with Gasteiger partial charge in [0.1, 0.15) is 6.04 Å². The van der Waals surface area contributed by atoms with E-state index in [9.17, 15) is 15.4 Å². The number of nitrogens with one attached hydrogen (secondary N) is 1. The topological polar surface area (TPSA) is 79.0 Å². The maximum absolute atomic E-state index is 11.0. The van der Waals surface area contributed by atoms with Crippen LogP contribution in [0.5, 0.6) is 0 Å². The van der Waals surface area contributed by atoms with Gasteiger partial charge in [-0.1, -0.05) is 31.4 Å². The molecule has 2 rings (SSSR count). The zero-order valence-electron chi connectivity index (χ0n) is 10.7. The van der Waals surface area contributed by atoms with Crippen molar-refractivity contribution >= 4 is 5.69 Å². The highest BCUT2D eigenvalue weighted by atomic mass is 16.6. The van der Waals surface area contributed by atoms with Gasteiger partial charge >= 0.3 is 0 Å². The molecule has 1 saturated carbocycles. The summed E-state index contributed by atoms with van der Waals surface area (Å²) in [5.41, 5.74) is 0.470. The fraction of sp³-hybridized carbons (Fsp3) is 0.500. The molecule has 5 nitrogen and oxygen atoms in total. The molecule has 1 aliphatic rings. The fourth-order valence-corrected chi connectivity index (χ4v) is 2.60. The fourth-order valence-electron chi connectivity index (χ4n) is 2.60. The average Bonchev–Trinajstić information content (AvgIpc) is 2.46. The number of rotatable bonds is 4. The van der Waals surface area contributed by atoms with Crippen LogP contribution < -0.4 is 5.32 Å². The van der Waals surface area contributed by atoms with Gasteiger partial charge in [0.25, 0.3) is 5.69 Å². The number of nitriles is 1. The molecule has 1 N–H and O–H groups in total. The Labute approximate surface area is 112 Å². The summed E-state index contributed by atoms with van der Waals surface area (Å²) in [7, 11) is 0. The molecule has 0 amide bonds. The standard InChI is InChI=1S/C14H17N3O2/c15-10-13(16-11-6-2-1-3-7-11)12-8-4-5-9-14(12)17(18)19/h4-5,8-9,11,13,16H,1-3,6-7H2. The van der Waals surface area contributed by atoms with Gasteiger partial charge in [-0.05, 0) is 18.9 Å². The number of nitrogens with zero attached hydrogens (tertiary/aromatic N) is 2. The Morgan fingerprint density at radius 2 is 2.00 bits per heavy atom. The predicted molar refractivity (Wildman–Crippen MR) is 71.5 cm³/mol. The maximum atomic E-state index is 11.0. The second-order valence-electron chi connectivity index (χ2n) is 4.88. The van der Waals surface area contributed by atoms with Crippen molar-refractivity contribution in [3.05, 3.63) is 39.9 Å². The lowest BCUT2D eigenvalue weighted by Crippen LogP contribution is -2.34. The molecule has 1 aromatic rings. The van der Waals surface area contributed by atoms with E-state index < -0.39 is 11.0 Å². The summed E-state index contributed by atoms with van der Waals surface area (Å²) in [6, 6.07) is 8.28. The minimum atomic E-state index is -0.607. The predicted octanol–water partition coefficient (Wildman–Crippen LogP) is 3.08. The van der Waals surface area contributed by atoms with Crippen molar-refractivity contribution in [3.8, 4) is 6.07 Å². The molecule has 1 fully saturated rings. The molecule has 0 radical (unpaired) electrons. The Balaban J connectivity index is 2.17. The molecular formula is C14H17N3O2. The Kier molecular flexibility index (Phi) is 4.48. The molecule has 1 unspecified atom stereocenters. The van der Waals surface area contributed by atoms with E-state index in [0.29, 0.717) is 11.6 Å². The van der Waals surface area contributed by atoms with Gasteiger partial charge in [-0.25, -0.2) is 0 Å². The van der Waals surface area contributed by atoms with E-state index in [1.54, 1.807) is 18.2 Å². The van der Waals surface area contributed by atoms with Crippen LogP contribution in [-0.4, -0.2) is 11.0 Å². The smallest absolute Gasteiger partial charge is 0.275 e. The second-order valence-corrected chi connectivity index (χ2v) is 4.88. The van der Waals surface area contributed by atoms with Crippen LogP contribution in [0.15, 0.2) is 24.3 Å². The minimum absolute atomic E-state index is 0.0114. The Morgan fingerprint density at radius 1 is 1.32 bits per heavy atom. The maximum Gasteiger partial charge on any atom is 0.275 e. The molecule has 0 heterocycles. The van der Waals surface area contributed by atoms with E-state index >= 15 is 0 Å². The third kappa shape index (κ3) is 3.30. The summed E-state index contributed by atoms with van der Waals surface area (Å²) in [6.45, 7) is 0. The minimum Gasteiger partial charge on any atom is -0.295 e. The van der Waals surface area contributed by atoms with Crippen LogP contribution in [0.1, 0.15) is 43.7 Å². The number of nitro benzene ring substituents is 1. The van der Waals surface area contributed by atoms with Gasteiger partial charge in [-0.15, -0.1) is 0 Å². The number of hydrogen-bond donors (Lipinski definition) is 1. The highest BCUT2D eigenvalue weighted by Gasteiger charge is 2.24. The third-order valence-electron chi connectivity index (χ3n) is 3.58. The summed E-state index contributed by atoms with van der Waals surface area (Å²) >= 11 is 0. The van der Waals surface area contributed by atoms with Gasteiger partial charge in [0.2, 0.25) is 0 Å². The zero-order chi connectivity index (χ0) is 13.7. The molecule has 0 aromatic heterocycles. The Hall–Kier alpha value is -1.93. The summed E-state index contributed by atoms with van der Waals surface area (Å²) in [4.78, 5) is 10.6. The van der Waals surface area contributed by atoms with Crippen molar-refractivity contribution < 1.29 is 4.92 Å². The zero-order valence-corrected chi connectivity index (χ0v) is 10.7. The van der Waals surface area contributed by atoms with Gasteiger partial charge in [0.05, 0.1) is 16.6 Å². The van der Waals surface area contributed by atoms with Crippen LogP contribution in [0.3, 0.4) is 0 Å². The van der Waals surface area contributed by atoms with Crippen molar-refractivity contribution in [3.63, 3.8) is 0 Å². The monoisotopic (exact) mass is 259 g/mol. The lowest BCUT2D eigenvalue weighted by atomic mass is 9.94. The van der Waals surface area contributed by atoms with E-state index in [4.69, 9.17) is 0 Å². The van der Waals surface area contributed by atoms with Crippen molar-refractivity contribution in [2.45, 2.75) is 44.2 Å². The van der Waals surface area contributed by atoms with E-state index in [-0.39, 0.29) is 5.69 Å². The van der Waals surface area contributed by atoms with Crippen LogP contribution in [0.2, 0.25) is 0 Å². The normalized spacial score (nSPS) is 17.6. The molecule has 1 atom stereocenters. The van der Waals surface area contributed by atoms with E-state index in [1.165, 1.54) is 12.5 Å². The molecular weight excluding hydrogens is 242 g/mol. The molecule has 19 heavy (non-hydrogen) atoms. The number of benzene rings is 1. The first-order valence-corrected chi connectivity index (χ1v) is 6.61. The van der Waals surface area contributed by atoms with E-state index in [2.05, 4.69) is 11.4 Å². The van der Waals surface area contributed by atoms with Crippen LogP contribution in [0.25, 0.3) is 0 Å². The van der Waals surface area contributed by atoms with Crippen LogP contribution in [0, 0.1) is 21.4 Å². The van der Waals surface area contributed by atoms with Gasteiger partial charge in [-0.2, -0.15) is 5.26 Å². The average molecular weight is 259 g/mol. The lowest BCUT2D eigenvalue weighted by Gasteiger charge is -2.25. The van der Waals surface area contributed by atoms with Gasteiger partial charge in [0.15, 0.2) is 0 Å². The molecule has 100 valence electrons. The van der Waals surface area contributed by atoms with E-state index in [0.717, 1.165) is 25.7 Å². The first kappa shape index (κ1) is 13.5. The summed E-state index contributed by atoms with van der Waals surface area (Å²) in [5.74, 6) is 0. The molecule has 0 spiro atoms. The van der Waals surface area contributed by atoms with Crippen LogP contribution >= 0.6 is 0 Å². The molecule has 5 heteroatoms. The largest absolute Gasteiger partial charge is 0.295 e. The van der Waals surface area contributed by atoms with E-state index in [1.807, 2.05) is 0 Å². The van der Waals surface area contributed by atoms with Crippen LogP contribution in [-0.2, 0) is 0 Å². The SMILES string of the molecule is N#CC(NC1CCCCC1)c1ccccc1[N+](=O)[O-]. The third-order valence-corrected chi connectivity index (χ3v) is 3.58. The van der Waals surface area contributed by atoms with Crippen molar-refractivity contribution in [2.75, 3.05) is 0 Å². The van der Waals surface area contributed by atoms with Gasteiger partial charge in [0, 0.05) is 12.1 Å². The molecule has 0 bridgehead atoms. The molecule has 0 aliphatic heterocycles. The van der Waals surface area contributed by atoms with Gasteiger partial charge < -0.3 is 0 Å². The number of hydrogen-bond acceptors (Lipinski definition) is 4. The Bertz CT molecular complexity index is 490. The van der Waals surface area contributed by atoms with Crippen molar-refractivity contribution in [1.82, 2.24) is 5.32 Å². The molecule has 0 saturated heterocycles. The quantitative estimate of drug-likeness (QED) is 0.665. The lowest BCUT2D eigenvalue weighted by molar-refractivity contribution is -0.385. The van der Waals surface area contributed by atoms with Crippen molar-refractivity contribution in [2.24, 2.45) is 0 Å². The summed E-state index contributed by atoms with van der Waals surface area (Å²) in [6.07, 6.45) is 5.64. The first-order chi connectivity index (χ1) is 9.22. The molecule has 1 aromatic carbocycles. The highest BCUT2D eigenvalue weighted by molar-refractivity contribution is 5.44. The highest BCUT2D eigenvalue weighted by Crippen LogP contribution is 2.27. The Morgan fingerprint density at radius 3 is 2.63 bits per heavy atom. The van der Waals surface area contributed by atoms with Crippen LogP contribution in [0.4, 0.5) is 5.69 Å². The first-order valence-electron chi connectivity index (χ1n) is 6.61. The van der Waals surface area contributed by atoms with Crippen molar-refractivity contribution in [1.29, 1.82) is 5.26 Å².